The van der Waals surface area contributed by atoms with Crippen LogP contribution in [-0.2, 0) is 12.8 Å². The Balaban J connectivity index is 1.40. The molecule has 0 bridgehead atoms. The average molecular weight is 277 g/mol. The van der Waals surface area contributed by atoms with Crippen molar-refractivity contribution in [2.24, 2.45) is 27.1 Å². The summed E-state index contributed by atoms with van der Waals surface area (Å²) in [5.41, 5.74) is 5.01. The molecule has 1 aliphatic heterocycles. The van der Waals surface area contributed by atoms with E-state index in [4.69, 9.17) is 0 Å². The second-order valence-electron chi connectivity index (χ2n) is 6.07. The number of amidine groups is 1. The van der Waals surface area contributed by atoms with Crippen molar-refractivity contribution in [1.29, 1.82) is 0 Å². The highest BCUT2D eigenvalue weighted by molar-refractivity contribution is 5.99. The average Bonchev–Trinajstić information content (AvgIpc) is 2.99. The van der Waals surface area contributed by atoms with Gasteiger partial charge in [-0.2, -0.15) is 10.2 Å². The molecule has 104 valence electrons. The van der Waals surface area contributed by atoms with Crippen LogP contribution in [0.3, 0.4) is 0 Å². The molecule has 3 aliphatic rings. The second-order valence-corrected chi connectivity index (χ2v) is 6.07. The smallest absolute Gasteiger partial charge is 0.197 e. The normalized spacial score (nSPS) is 28.4. The Bertz CT molecular complexity index is 758. The van der Waals surface area contributed by atoms with Gasteiger partial charge >= 0.3 is 0 Å². The van der Waals surface area contributed by atoms with Gasteiger partial charge < -0.3 is 0 Å². The molecule has 5 nitrogen and oxygen atoms in total. The molecule has 3 atom stereocenters. The van der Waals surface area contributed by atoms with Gasteiger partial charge in [-0.25, -0.2) is 4.99 Å². The lowest BCUT2D eigenvalue weighted by molar-refractivity contribution is 0.687. The van der Waals surface area contributed by atoms with Crippen molar-refractivity contribution in [1.82, 2.24) is 10.2 Å². The van der Waals surface area contributed by atoms with Crippen molar-refractivity contribution in [3.63, 3.8) is 0 Å². The van der Waals surface area contributed by atoms with Gasteiger partial charge in [0, 0.05) is 11.5 Å². The molecule has 2 aliphatic carbocycles. The summed E-state index contributed by atoms with van der Waals surface area (Å²) in [5, 5.41) is 15.7. The Morgan fingerprint density at radius 1 is 1.19 bits per heavy atom. The number of nitrogens with zero attached hydrogens (tertiary/aromatic N) is 4. The summed E-state index contributed by atoms with van der Waals surface area (Å²) < 4.78 is 0. The SMILES string of the molecule is c1ccc(CC2C3Cc4c(n[nH]c4C4=NCN=N4)C23)cc1. The fourth-order valence-electron chi connectivity index (χ4n) is 3.93. The van der Waals surface area contributed by atoms with Crippen molar-refractivity contribution >= 4 is 5.84 Å². The van der Waals surface area contributed by atoms with Crippen molar-refractivity contribution in [3.8, 4) is 0 Å². The van der Waals surface area contributed by atoms with Crippen LogP contribution >= 0.6 is 0 Å². The molecular weight excluding hydrogens is 262 g/mol. The summed E-state index contributed by atoms with van der Waals surface area (Å²) in [6, 6.07) is 10.8. The largest absolute Gasteiger partial charge is 0.274 e. The fraction of sp³-hybridized carbons (Fsp3) is 0.375. The third kappa shape index (κ3) is 1.63. The summed E-state index contributed by atoms with van der Waals surface area (Å²) in [6.07, 6.45) is 2.27. The molecule has 3 unspecified atom stereocenters. The van der Waals surface area contributed by atoms with Crippen LogP contribution in [0.1, 0.15) is 28.4 Å². The first-order chi connectivity index (χ1) is 10.4. The van der Waals surface area contributed by atoms with Gasteiger partial charge in [-0.3, -0.25) is 5.10 Å². The summed E-state index contributed by atoms with van der Waals surface area (Å²) in [5.74, 6) is 2.87. The number of azo groups is 1. The Kier molecular flexibility index (Phi) is 2.22. The van der Waals surface area contributed by atoms with E-state index < -0.39 is 0 Å². The number of H-pyrrole nitrogens is 1. The van der Waals surface area contributed by atoms with E-state index in [2.05, 4.69) is 55.8 Å². The summed E-state index contributed by atoms with van der Waals surface area (Å²) in [6.45, 7) is 0.451. The zero-order valence-electron chi connectivity index (χ0n) is 11.5. The zero-order valence-corrected chi connectivity index (χ0v) is 11.5. The minimum Gasteiger partial charge on any atom is -0.274 e. The van der Waals surface area contributed by atoms with Gasteiger partial charge in [0.05, 0.1) is 5.69 Å². The van der Waals surface area contributed by atoms with E-state index >= 15 is 0 Å². The van der Waals surface area contributed by atoms with Crippen LogP contribution in [0.2, 0.25) is 0 Å². The molecule has 1 aromatic heterocycles. The van der Waals surface area contributed by atoms with Crippen LogP contribution < -0.4 is 0 Å². The molecule has 1 saturated carbocycles. The number of aromatic amines is 1. The lowest BCUT2D eigenvalue weighted by atomic mass is 10.0. The number of rotatable bonds is 3. The Morgan fingerprint density at radius 2 is 2.10 bits per heavy atom. The highest BCUT2D eigenvalue weighted by Gasteiger charge is 2.57. The summed E-state index contributed by atoms with van der Waals surface area (Å²) >= 11 is 0. The quantitative estimate of drug-likeness (QED) is 0.921. The third-order valence-electron chi connectivity index (χ3n) is 4.97. The van der Waals surface area contributed by atoms with Crippen LogP contribution in [0.25, 0.3) is 0 Å². The van der Waals surface area contributed by atoms with Gasteiger partial charge in [0.25, 0.3) is 0 Å². The highest BCUT2D eigenvalue weighted by Crippen LogP contribution is 2.62. The van der Waals surface area contributed by atoms with E-state index in [1.165, 1.54) is 23.2 Å². The minimum atomic E-state index is 0.451. The lowest BCUT2D eigenvalue weighted by Gasteiger charge is -2.04. The zero-order chi connectivity index (χ0) is 13.8. The monoisotopic (exact) mass is 277 g/mol. The number of aromatic nitrogens is 2. The topological polar surface area (TPSA) is 65.8 Å². The number of nitrogens with one attached hydrogen (secondary N) is 1. The van der Waals surface area contributed by atoms with E-state index in [0.29, 0.717) is 12.6 Å². The van der Waals surface area contributed by atoms with Crippen molar-refractivity contribution < 1.29 is 0 Å². The van der Waals surface area contributed by atoms with Gasteiger partial charge in [-0.15, -0.1) is 5.11 Å². The number of hydrogen-bond donors (Lipinski definition) is 1. The van der Waals surface area contributed by atoms with Gasteiger partial charge in [-0.05, 0) is 30.2 Å². The number of fused-ring (bicyclic) bond motifs is 3. The van der Waals surface area contributed by atoms with Gasteiger partial charge in [-0.1, -0.05) is 30.3 Å². The molecule has 0 spiro atoms. The van der Waals surface area contributed by atoms with Crippen molar-refractivity contribution in [3.05, 3.63) is 52.8 Å². The van der Waals surface area contributed by atoms with Crippen LogP contribution in [0, 0.1) is 11.8 Å². The molecule has 0 radical (unpaired) electrons. The van der Waals surface area contributed by atoms with Crippen LogP contribution in [0.5, 0.6) is 0 Å². The predicted octanol–water partition coefficient (Wildman–Crippen LogP) is 2.71. The number of hydrogen-bond acceptors (Lipinski definition) is 4. The van der Waals surface area contributed by atoms with Crippen LogP contribution in [-0.4, -0.2) is 22.7 Å². The van der Waals surface area contributed by atoms with Gasteiger partial charge in [0.1, 0.15) is 5.69 Å². The lowest BCUT2D eigenvalue weighted by Crippen LogP contribution is -2.02. The molecule has 1 N–H and O–H groups in total. The van der Waals surface area contributed by atoms with E-state index in [-0.39, 0.29) is 0 Å². The maximum atomic E-state index is 4.55. The van der Waals surface area contributed by atoms with Gasteiger partial charge in [0.2, 0.25) is 0 Å². The molecule has 21 heavy (non-hydrogen) atoms. The third-order valence-corrected chi connectivity index (χ3v) is 4.97. The Labute approximate surface area is 122 Å². The molecule has 1 aromatic carbocycles. The molecule has 0 amide bonds. The van der Waals surface area contributed by atoms with Gasteiger partial charge in [0.15, 0.2) is 12.5 Å². The fourth-order valence-corrected chi connectivity index (χ4v) is 3.93. The molecule has 5 rings (SSSR count). The summed E-state index contributed by atoms with van der Waals surface area (Å²) in [4.78, 5) is 4.29. The van der Waals surface area contributed by atoms with Crippen LogP contribution in [0.15, 0.2) is 45.6 Å². The number of benzene rings is 1. The summed E-state index contributed by atoms with van der Waals surface area (Å²) in [7, 11) is 0. The molecule has 2 aromatic rings. The Morgan fingerprint density at radius 3 is 2.90 bits per heavy atom. The van der Waals surface area contributed by atoms with E-state index in [1.54, 1.807) is 0 Å². The molecule has 2 heterocycles. The molecule has 0 saturated heterocycles. The van der Waals surface area contributed by atoms with Crippen molar-refractivity contribution in [2.75, 3.05) is 6.67 Å². The standard InChI is InChI=1S/C16H15N5/c1-2-4-9(5-3-1)6-10-11-7-12-14(13(10)11)19-20-15(12)16-17-8-18-21-16/h1-5,10-11,13H,6-8H2,(H,19,20). The number of aliphatic imine (C=N–C) groups is 1. The van der Waals surface area contributed by atoms with Crippen molar-refractivity contribution in [2.45, 2.75) is 18.8 Å². The van der Waals surface area contributed by atoms with Crippen LogP contribution in [0.4, 0.5) is 0 Å². The molecular formula is C16H15N5. The molecule has 5 heteroatoms. The molecule has 1 fully saturated rings. The maximum absolute atomic E-state index is 4.55. The van der Waals surface area contributed by atoms with E-state index in [9.17, 15) is 0 Å². The first-order valence-electron chi connectivity index (χ1n) is 7.45. The minimum absolute atomic E-state index is 0.451. The maximum Gasteiger partial charge on any atom is 0.197 e. The first-order valence-corrected chi connectivity index (χ1v) is 7.45. The van der Waals surface area contributed by atoms with E-state index in [0.717, 1.165) is 29.8 Å². The van der Waals surface area contributed by atoms with E-state index in [1.807, 2.05) is 0 Å². The Hall–Kier alpha value is -2.30. The highest BCUT2D eigenvalue weighted by atomic mass is 15.3. The first kappa shape index (κ1) is 11.4. The second kappa shape index (κ2) is 4.10. The predicted molar refractivity (Wildman–Crippen MR) is 78.4 cm³/mol.